The Bertz CT molecular complexity index is 180. The van der Waals surface area contributed by atoms with Gasteiger partial charge < -0.3 is 20.1 Å². The van der Waals surface area contributed by atoms with Gasteiger partial charge in [-0.3, -0.25) is 0 Å². The molecule has 1 heterocycles. The van der Waals surface area contributed by atoms with Crippen LogP contribution in [0.5, 0.6) is 0 Å². The van der Waals surface area contributed by atoms with Crippen LogP contribution >= 0.6 is 0 Å². The van der Waals surface area contributed by atoms with E-state index in [1.54, 1.807) is 0 Å². The lowest BCUT2D eigenvalue weighted by Gasteiger charge is -2.25. The molecule has 17 heavy (non-hydrogen) atoms. The fourth-order valence-electron chi connectivity index (χ4n) is 2.27. The second-order valence-corrected chi connectivity index (χ2v) is 4.88. The summed E-state index contributed by atoms with van der Waals surface area (Å²) in [6.45, 7) is 10.5. The van der Waals surface area contributed by atoms with E-state index in [2.05, 4.69) is 24.1 Å². The van der Waals surface area contributed by atoms with Gasteiger partial charge >= 0.3 is 0 Å². The van der Waals surface area contributed by atoms with Gasteiger partial charge in [-0.25, -0.2) is 0 Å². The molecule has 0 spiro atoms. The van der Waals surface area contributed by atoms with Crippen LogP contribution < -0.4 is 5.32 Å². The summed E-state index contributed by atoms with van der Waals surface area (Å²) in [6.07, 6.45) is 2.16. The molecule has 0 aromatic rings. The van der Waals surface area contributed by atoms with E-state index >= 15 is 0 Å². The van der Waals surface area contributed by atoms with Crippen molar-refractivity contribution in [1.82, 2.24) is 10.2 Å². The predicted octanol–water partition coefficient (Wildman–Crippen LogP) is 0.705. The lowest BCUT2D eigenvalue weighted by molar-refractivity contribution is 0.0521. The van der Waals surface area contributed by atoms with E-state index in [0.717, 1.165) is 39.4 Å². The Hall–Kier alpha value is -0.160. The molecule has 1 fully saturated rings. The van der Waals surface area contributed by atoms with Crippen LogP contribution in [0.3, 0.4) is 0 Å². The number of aliphatic hydroxyl groups excluding tert-OH is 1. The molecule has 0 saturated carbocycles. The smallest absolute Gasteiger partial charge is 0.0791 e. The summed E-state index contributed by atoms with van der Waals surface area (Å²) in [4.78, 5) is 2.25. The lowest BCUT2D eigenvalue weighted by Crippen LogP contribution is -2.40. The molecule has 4 nitrogen and oxygen atoms in total. The average Bonchev–Trinajstić information content (AvgIpc) is 2.37. The van der Waals surface area contributed by atoms with E-state index in [-0.39, 0.29) is 6.10 Å². The second-order valence-electron chi connectivity index (χ2n) is 4.88. The van der Waals surface area contributed by atoms with E-state index < -0.39 is 0 Å². The number of rotatable bonds is 8. The first-order chi connectivity index (χ1) is 8.26. The Kier molecular flexibility index (Phi) is 7.77. The summed E-state index contributed by atoms with van der Waals surface area (Å²) in [5, 5.41) is 13.2. The zero-order chi connectivity index (χ0) is 12.5. The van der Waals surface area contributed by atoms with Crippen molar-refractivity contribution in [2.45, 2.75) is 32.8 Å². The molecule has 0 aliphatic carbocycles. The molecule has 1 rings (SSSR count). The van der Waals surface area contributed by atoms with E-state index in [1.165, 1.54) is 12.8 Å². The summed E-state index contributed by atoms with van der Waals surface area (Å²) in [6, 6.07) is 0. The van der Waals surface area contributed by atoms with Crippen molar-refractivity contribution in [3.05, 3.63) is 0 Å². The summed E-state index contributed by atoms with van der Waals surface area (Å²) in [5.74, 6) is 0.629. The van der Waals surface area contributed by atoms with Crippen LogP contribution in [0.2, 0.25) is 0 Å². The van der Waals surface area contributed by atoms with E-state index in [1.807, 2.05) is 0 Å². The maximum Gasteiger partial charge on any atom is 0.0791 e. The molecule has 4 heteroatoms. The second kappa shape index (κ2) is 8.86. The third-order valence-electron chi connectivity index (χ3n) is 3.43. The molecule has 2 unspecified atom stereocenters. The molecule has 0 bridgehead atoms. The first kappa shape index (κ1) is 14.9. The number of hydrogen-bond donors (Lipinski definition) is 2. The molecule has 0 aromatic carbocycles. The molecule has 102 valence electrons. The van der Waals surface area contributed by atoms with Crippen LogP contribution in [-0.2, 0) is 4.74 Å². The van der Waals surface area contributed by atoms with Gasteiger partial charge in [0.15, 0.2) is 0 Å². The number of hydrogen-bond acceptors (Lipinski definition) is 4. The lowest BCUT2D eigenvalue weighted by atomic mass is 10.0. The number of likely N-dealkylation sites (N-methyl/N-ethyl adjacent to an activating group) is 1. The molecule has 2 N–H and O–H groups in total. The Morgan fingerprint density at radius 1 is 1.41 bits per heavy atom. The van der Waals surface area contributed by atoms with Gasteiger partial charge in [0.2, 0.25) is 0 Å². The minimum absolute atomic E-state index is 0.264. The number of aliphatic hydroxyl groups is 1. The standard InChI is InChI=1S/C13H28N2O2/c1-3-15(4-2)10-13(16)9-14-8-12-6-5-7-17-11-12/h12-14,16H,3-11H2,1-2H3. The molecule has 1 saturated heterocycles. The monoisotopic (exact) mass is 244 g/mol. The Morgan fingerprint density at radius 3 is 2.76 bits per heavy atom. The highest BCUT2D eigenvalue weighted by Crippen LogP contribution is 2.11. The van der Waals surface area contributed by atoms with Gasteiger partial charge in [-0.05, 0) is 31.8 Å². The van der Waals surface area contributed by atoms with Gasteiger partial charge in [-0.15, -0.1) is 0 Å². The normalized spacial score (nSPS) is 22.9. The molecule has 1 aliphatic rings. The Balaban J connectivity index is 2.04. The van der Waals surface area contributed by atoms with Crippen molar-refractivity contribution in [2.75, 3.05) is 45.9 Å². The van der Waals surface area contributed by atoms with E-state index in [9.17, 15) is 5.11 Å². The number of ether oxygens (including phenoxy) is 1. The maximum absolute atomic E-state index is 9.88. The summed E-state index contributed by atoms with van der Waals surface area (Å²) < 4.78 is 5.43. The highest BCUT2D eigenvalue weighted by molar-refractivity contribution is 4.69. The SMILES string of the molecule is CCN(CC)CC(O)CNCC1CCCOC1. The van der Waals surface area contributed by atoms with Crippen LogP contribution in [0.15, 0.2) is 0 Å². The van der Waals surface area contributed by atoms with E-state index in [0.29, 0.717) is 12.5 Å². The highest BCUT2D eigenvalue weighted by Gasteiger charge is 2.14. The van der Waals surface area contributed by atoms with Gasteiger partial charge in [-0.1, -0.05) is 13.8 Å². The third-order valence-corrected chi connectivity index (χ3v) is 3.43. The molecule has 0 radical (unpaired) electrons. The van der Waals surface area contributed by atoms with Crippen LogP contribution in [0.1, 0.15) is 26.7 Å². The molecule has 0 aromatic heterocycles. The predicted molar refractivity (Wildman–Crippen MR) is 70.2 cm³/mol. The van der Waals surface area contributed by atoms with Crippen molar-refractivity contribution in [3.8, 4) is 0 Å². The van der Waals surface area contributed by atoms with Crippen LogP contribution in [0, 0.1) is 5.92 Å². The number of nitrogens with one attached hydrogen (secondary N) is 1. The Labute approximate surface area is 105 Å². The fraction of sp³-hybridized carbons (Fsp3) is 1.00. The third kappa shape index (κ3) is 6.36. The molecular weight excluding hydrogens is 216 g/mol. The van der Waals surface area contributed by atoms with Crippen molar-refractivity contribution >= 4 is 0 Å². The molecule has 0 amide bonds. The molecular formula is C13H28N2O2. The maximum atomic E-state index is 9.88. The van der Waals surface area contributed by atoms with Crippen LogP contribution in [0.4, 0.5) is 0 Å². The topological polar surface area (TPSA) is 44.7 Å². The summed E-state index contributed by atoms with van der Waals surface area (Å²) >= 11 is 0. The van der Waals surface area contributed by atoms with Crippen molar-refractivity contribution in [3.63, 3.8) is 0 Å². The minimum atomic E-state index is -0.264. The zero-order valence-corrected chi connectivity index (χ0v) is 11.3. The first-order valence-electron chi connectivity index (χ1n) is 6.95. The molecule has 2 atom stereocenters. The minimum Gasteiger partial charge on any atom is -0.390 e. The van der Waals surface area contributed by atoms with Crippen molar-refractivity contribution in [2.24, 2.45) is 5.92 Å². The largest absolute Gasteiger partial charge is 0.390 e. The fourth-order valence-corrected chi connectivity index (χ4v) is 2.27. The average molecular weight is 244 g/mol. The van der Waals surface area contributed by atoms with Crippen LogP contribution in [0.25, 0.3) is 0 Å². The summed E-state index contributed by atoms with van der Waals surface area (Å²) in [5.41, 5.74) is 0. The van der Waals surface area contributed by atoms with Gasteiger partial charge in [0.1, 0.15) is 0 Å². The van der Waals surface area contributed by atoms with Crippen LogP contribution in [-0.4, -0.2) is 62.0 Å². The van der Waals surface area contributed by atoms with E-state index in [4.69, 9.17) is 4.74 Å². The van der Waals surface area contributed by atoms with Gasteiger partial charge in [0.25, 0.3) is 0 Å². The van der Waals surface area contributed by atoms with Gasteiger partial charge in [0.05, 0.1) is 12.7 Å². The highest BCUT2D eigenvalue weighted by atomic mass is 16.5. The van der Waals surface area contributed by atoms with Crippen molar-refractivity contribution < 1.29 is 9.84 Å². The summed E-state index contributed by atoms with van der Waals surface area (Å²) in [7, 11) is 0. The molecule has 1 aliphatic heterocycles. The number of nitrogens with zero attached hydrogens (tertiary/aromatic N) is 1. The zero-order valence-electron chi connectivity index (χ0n) is 11.3. The van der Waals surface area contributed by atoms with Crippen molar-refractivity contribution in [1.29, 1.82) is 0 Å². The first-order valence-corrected chi connectivity index (χ1v) is 6.95. The Morgan fingerprint density at radius 2 is 2.18 bits per heavy atom. The quantitative estimate of drug-likeness (QED) is 0.660. The van der Waals surface area contributed by atoms with Gasteiger partial charge in [-0.2, -0.15) is 0 Å². The van der Waals surface area contributed by atoms with Gasteiger partial charge in [0, 0.05) is 26.2 Å².